The van der Waals surface area contributed by atoms with E-state index < -0.39 is 0 Å². The summed E-state index contributed by atoms with van der Waals surface area (Å²) in [5, 5.41) is 4.72. The first-order valence-electron chi connectivity index (χ1n) is 7.90. The molecule has 0 bridgehead atoms. The van der Waals surface area contributed by atoms with Crippen molar-refractivity contribution in [1.29, 1.82) is 0 Å². The standard InChI is InChI=1S/C15H28N4S/c1-3-6-16-12-14-13-17-15(20-14)5-7-19-10-8-18(4-2)9-11-19/h13,16H,3-12H2,1-2H3. The van der Waals surface area contributed by atoms with E-state index in [1.807, 2.05) is 17.5 Å². The average molecular weight is 296 g/mol. The maximum Gasteiger partial charge on any atom is 0.0940 e. The van der Waals surface area contributed by atoms with Gasteiger partial charge in [0, 0.05) is 56.8 Å². The molecule has 0 spiro atoms. The summed E-state index contributed by atoms with van der Waals surface area (Å²) < 4.78 is 0. The first-order chi connectivity index (χ1) is 9.81. The monoisotopic (exact) mass is 296 g/mol. The minimum atomic E-state index is 0.973. The number of piperazine rings is 1. The Labute approximate surface area is 127 Å². The number of nitrogens with zero attached hydrogens (tertiary/aromatic N) is 3. The van der Waals surface area contributed by atoms with E-state index in [2.05, 4.69) is 33.9 Å². The lowest BCUT2D eigenvalue weighted by Crippen LogP contribution is -2.46. The molecular weight excluding hydrogens is 268 g/mol. The molecule has 1 N–H and O–H groups in total. The van der Waals surface area contributed by atoms with Crippen LogP contribution in [0.3, 0.4) is 0 Å². The van der Waals surface area contributed by atoms with E-state index in [4.69, 9.17) is 0 Å². The third-order valence-corrected chi connectivity index (χ3v) is 4.94. The molecule has 0 saturated carbocycles. The number of hydrogen-bond donors (Lipinski definition) is 1. The summed E-state index contributed by atoms with van der Waals surface area (Å²) in [4.78, 5) is 11.0. The lowest BCUT2D eigenvalue weighted by molar-refractivity contribution is 0.138. The van der Waals surface area contributed by atoms with Crippen molar-refractivity contribution in [2.45, 2.75) is 33.2 Å². The highest BCUT2D eigenvalue weighted by molar-refractivity contribution is 7.11. The maximum absolute atomic E-state index is 4.55. The molecule has 0 aromatic carbocycles. The highest BCUT2D eigenvalue weighted by Gasteiger charge is 2.15. The van der Waals surface area contributed by atoms with Crippen LogP contribution in [-0.4, -0.2) is 60.6 Å². The Kier molecular flexibility index (Phi) is 6.93. The van der Waals surface area contributed by atoms with Crippen molar-refractivity contribution in [3.8, 4) is 0 Å². The second kappa shape index (κ2) is 8.72. The molecule has 1 saturated heterocycles. The van der Waals surface area contributed by atoms with Crippen molar-refractivity contribution in [1.82, 2.24) is 20.1 Å². The van der Waals surface area contributed by atoms with Crippen molar-refractivity contribution in [3.63, 3.8) is 0 Å². The SMILES string of the molecule is CCCNCc1cnc(CCN2CCN(CC)CC2)s1. The van der Waals surface area contributed by atoms with E-state index in [1.165, 1.54) is 49.0 Å². The molecule has 1 aliphatic heterocycles. The molecule has 0 atom stereocenters. The molecule has 20 heavy (non-hydrogen) atoms. The fourth-order valence-corrected chi connectivity index (χ4v) is 3.40. The Morgan fingerprint density at radius 2 is 1.95 bits per heavy atom. The van der Waals surface area contributed by atoms with Crippen LogP contribution in [0.1, 0.15) is 30.2 Å². The summed E-state index contributed by atoms with van der Waals surface area (Å²) in [6, 6.07) is 0. The van der Waals surface area contributed by atoms with Crippen molar-refractivity contribution in [2.75, 3.05) is 45.8 Å². The van der Waals surface area contributed by atoms with Crippen LogP contribution >= 0.6 is 11.3 Å². The van der Waals surface area contributed by atoms with E-state index in [9.17, 15) is 0 Å². The average Bonchev–Trinajstić information content (AvgIpc) is 2.94. The van der Waals surface area contributed by atoms with Crippen molar-refractivity contribution >= 4 is 11.3 Å². The number of hydrogen-bond acceptors (Lipinski definition) is 5. The quantitative estimate of drug-likeness (QED) is 0.742. The Balaban J connectivity index is 1.66. The van der Waals surface area contributed by atoms with Crippen LogP contribution in [0.2, 0.25) is 0 Å². The van der Waals surface area contributed by atoms with E-state index in [0.29, 0.717) is 0 Å². The smallest absolute Gasteiger partial charge is 0.0940 e. The Morgan fingerprint density at radius 3 is 2.65 bits per heavy atom. The van der Waals surface area contributed by atoms with E-state index in [-0.39, 0.29) is 0 Å². The van der Waals surface area contributed by atoms with Gasteiger partial charge < -0.3 is 15.1 Å². The molecule has 2 heterocycles. The van der Waals surface area contributed by atoms with Gasteiger partial charge in [-0.15, -0.1) is 11.3 Å². The zero-order valence-corrected chi connectivity index (χ0v) is 13.7. The molecule has 0 unspecified atom stereocenters. The number of aromatic nitrogens is 1. The summed E-state index contributed by atoms with van der Waals surface area (Å²) >= 11 is 1.87. The molecule has 2 rings (SSSR count). The molecule has 114 valence electrons. The number of nitrogens with one attached hydrogen (secondary N) is 1. The van der Waals surface area contributed by atoms with Crippen LogP contribution in [0.25, 0.3) is 0 Å². The van der Waals surface area contributed by atoms with Crippen molar-refractivity contribution < 1.29 is 0 Å². The number of likely N-dealkylation sites (N-methyl/N-ethyl adjacent to an activating group) is 1. The van der Waals surface area contributed by atoms with Crippen LogP contribution < -0.4 is 5.32 Å². The van der Waals surface area contributed by atoms with Crippen LogP contribution in [0, 0.1) is 0 Å². The zero-order chi connectivity index (χ0) is 14.2. The van der Waals surface area contributed by atoms with Gasteiger partial charge in [0.1, 0.15) is 0 Å². The normalized spacial score (nSPS) is 17.7. The molecule has 0 amide bonds. The first-order valence-corrected chi connectivity index (χ1v) is 8.72. The van der Waals surface area contributed by atoms with Gasteiger partial charge in [0.25, 0.3) is 0 Å². The summed E-state index contributed by atoms with van der Waals surface area (Å²) in [6.45, 7) is 13.7. The van der Waals surface area contributed by atoms with Gasteiger partial charge in [0.15, 0.2) is 0 Å². The van der Waals surface area contributed by atoms with Gasteiger partial charge in [0.2, 0.25) is 0 Å². The second-order valence-electron chi connectivity index (χ2n) is 5.42. The van der Waals surface area contributed by atoms with Gasteiger partial charge in [-0.05, 0) is 19.5 Å². The molecule has 1 aromatic rings. The molecule has 1 fully saturated rings. The third kappa shape index (κ3) is 5.13. The fraction of sp³-hybridized carbons (Fsp3) is 0.800. The highest BCUT2D eigenvalue weighted by Crippen LogP contribution is 2.14. The summed E-state index contributed by atoms with van der Waals surface area (Å²) in [5.74, 6) is 0. The second-order valence-corrected chi connectivity index (χ2v) is 6.62. The Bertz CT molecular complexity index is 372. The lowest BCUT2D eigenvalue weighted by Gasteiger charge is -2.33. The van der Waals surface area contributed by atoms with Gasteiger partial charge in [-0.1, -0.05) is 13.8 Å². The van der Waals surface area contributed by atoms with Gasteiger partial charge in [0.05, 0.1) is 5.01 Å². The topological polar surface area (TPSA) is 31.4 Å². The third-order valence-electron chi connectivity index (χ3n) is 3.88. The summed E-state index contributed by atoms with van der Waals surface area (Å²) in [5.41, 5.74) is 0. The predicted molar refractivity (Wildman–Crippen MR) is 86.4 cm³/mol. The van der Waals surface area contributed by atoms with Crippen LogP contribution in [0.15, 0.2) is 6.20 Å². The van der Waals surface area contributed by atoms with Gasteiger partial charge in [-0.25, -0.2) is 4.98 Å². The molecule has 5 heteroatoms. The molecule has 4 nitrogen and oxygen atoms in total. The van der Waals surface area contributed by atoms with Gasteiger partial charge in [-0.2, -0.15) is 0 Å². The first kappa shape index (κ1) is 15.9. The van der Waals surface area contributed by atoms with Gasteiger partial charge in [-0.3, -0.25) is 0 Å². The molecule has 0 radical (unpaired) electrons. The predicted octanol–water partition coefficient (Wildman–Crippen LogP) is 1.82. The fourth-order valence-electron chi connectivity index (χ4n) is 2.52. The van der Waals surface area contributed by atoms with Crippen LogP contribution in [0.4, 0.5) is 0 Å². The summed E-state index contributed by atoms with van der Waals surface area (Å²) in [7, 11) is 0. The molecule has 1 aromatic heterocycles. The Morgan fingerprint density at radius 1 is 1.20 bits per heavy atom. The number of rotatable bonds is 8. The molecular formula is C15H28N4S. The van der Waals surface area contributed by atoms with Gasteiger partial charge >= 0.3 is 0 Å². The van der Waals surface area contributed by atoms with E-state index in [0.717, 1.165) is 26.1 Å². The van der Waals surface area contributed by atoms with Crippen molar-refractivity contribution in [2.24, 2.45) is 0 Å². The lowest BCUT2D eigenvalue weighted by atomic mass is 10.3. The van der Waals surface area contributed by atoms with Crippen molar-refractivity contribution in [3.05, 3.63) is 16.1 Å². The van der Waals surface area contributed by atoms with Crippen LogP contribution in [-0.2, 0) is 13.0 Å². The minimum Gasteiger partial charge on any atom is -0.312 e. The molecule has 0 aliphatic carbocycles. The maximum atomic E-state index is 4.55. The highest BCUT2D eigenvalue weighted by atomic mass is 32.1. The Hall–Kier alpha value is -0.490. The van der Waals surface area contributed by atoms with E-state index in [1.54, 1.807) is 0 Å². The van der Waals surface area contributed by atoms with E-state index >= 15 is 0 Å². The molecule has 1 aliphatic rings. The zero-order valence-electron chi connectivity index (χ0n) is 12.9. The van der Waals surface area contributed by atoms with Crippen LogP contribution in [0.5, 0.6) is 0 Å². The largest absolute Gasteiger partial charge is 0.312 e. The number of thiazole rings is 1. The minimum absolute atomic E-state index is 0.973. The summed E-state index contributed by atoms with van der Waals surface area (Å²) in [6.07, 6.45) is 4.33.